The molecule has 3 aromatic carbocycles. The molecule has 0 unspecified atom stereocenters. The molecule has 33 heavy (non-hydrogen) atoms. The Bertz CT molecular complexity index is 1180. The Morgan fingerprint density at radius 2 is 1.70 bits per heavy atom. The number of rotatable bonds is 10. The Morgan fingerprint density at radius 1 is 1.03 bits per heavy atom. The van der Waals surface area contributed by atoms with E-state index in [9.17, 15) is 13.2 Å². The van der Waals surface area contributed by atoms with Crippen molar-refractivity contribution in [2.45, 2.75) is 11.3 Å². The van der Waals surface area contributed by atoms with E-state index in [1.807, 2.05) is 54.6 Å². The van der Waals surface area contributed by atoms with Crippen LogP contribution in [0.25, 0.3) is 0 Å². The van der Waals surface area contributed by atoms with E-state index in [0.29, 0.717) is 12.2 Å². The average molecular weight is 530 g/mol. The van der Waals surface area contributed by atoms with Crippen molar-refractivity contribution in [1.82, 2.24) is 9.73 Å². The highest BCUT2D eigenvalue weighted by molar-refractivity contribution is 9.10. The van der Waals surface area contributed by atoms with E-state index in [0.717, 1.165) is 19.9 Å². The van der Waals surface area contributed by atoms with Crippen LogP contribution in [0, 0.1) is 0 Å². The molecule has 0 atom stereocenters. The number of nitrogens with one attached hydrogen (secondary N) is 1. The number of halogens is 1. The second kappa shape index (κ2) is 11.7. The molecule has 1 amide bonds. The fourth-order valence-corrected chi connectivity index (χ4v) is 4.66. The third-order valence-electron chi connectivity index (χ3n) is 4.78. The number of carbonyl (C=O) groups is 1. The second-order valence-electron chi connectivity index (χ2n) is 7.09. The van der Waals surface area contributed by atoms with Gasteiger partial charge in [0.15, 0.2) is 0 Å². The Morgan fingerprint density at radius 3 is 2.33 bits per heavy atom. The maximum atomic E-state index is 13.3. The van der Waals surface area contributed by atoms with Gasteiger partial charge in [0.1, 0.15) is 5.75 Å². The molecule has 0 aliphatic carbocycles. The number of methoxy groups -OCH3 is 1. The molecule has 0 spiro atoms. The van der Waals surface area contributed by atoms with Crippen LogP contribution in [0.5, 0.6) is 5.75 Å². The van der Waals surface area contributed by atoms with Gasteiger partial charge in [-0.25, -0.2) is 13.8 Å². The second-order valence-corrected chi connectivity index (χ2v) is 9.95. The molecule has 0 aliphatic heterocycles. The minimum Gasteiger partial charge on any atom is -0.497 e. The largest absolute Gasteiger partial charge is 0.497 e. The Kier molecular flexibility index (Phi) is 8.76. The summed E-state index contributed by atoms with van der Waals surface area (Å²) < 4.78 is 33.8. The van der Waals surface area contributed by atoms with Crippen LogP contribution < -0.4 is 10.2 Å². The van der Waals surface area contributed by atoms with Crippen LogP contribution in [0.2, 0.25) is 0 Å². The van der Waals surface area contributed by atoms with Crippen LogP contribution in [-0.2, 0) is 21.2 Å². The van der Waals surface area contributed by atoms with E-state index in [4.69, 9.17) is 4.74 Å². The number of benzene rings is 3. The third kappa shape index (κ3) is 7.24. The standard InChI is InChI=1S/C24H24BrN3O4S/c1-32-22-11-13-23(14-12-22)33(30,31)28(16-15-19-5-3-2-4-6-19)18-24(29)27-26-17-20-7-9-21(25)10-8-20/h2-14,17H,15-16,18H2,1H3,(H,27,29)/b26-17-. The molecule has 0 bridgehead atoms. The van der Waals surface area contributed by atoms with E-state index in [1.165, 1.54) is 25.5 Å². The molecule has 0 radical (unpaired) electrons. The number of sulfonamides is 1. The average Bonchev–Trinajstić information content (AvgIpc) is 2.83. The minimum atomic E-state index is -3.91. The highest BCUT2D eigenvalue weighted by atomic mass is 79.9. The summed E-state index contributed by atoms with van der Waals surface area (Å²) in [5.74, 6) is 0.0123. The van der Waals surface area contributed by atoms with Gasteiger partial charge in [0, 0.05) is 11.0 Å². The van der Waals surface area contributed by atoms with Gasteiger partial charge in [0.25, 0.3) is 5.91 Å². The molecule has 0 fully saturated rings. The number of amides is 1. The van der Waals surface area contributed by atoms with Gasteiger partial charge in [0.2, 0.25) is 10.0 Å². The van der Waals surface area contributed by atoms with Crippen molar-refractivity contribution in [3.05, 3.63) is 94.5 Å². The van der Waals surface area contributed by atoms with Gasteiger partial charge in [-0.1, -0.05) is 58.4 Å². The number of carbonyl (C=O) groups excluding carboxylic acids is 1. The summed E-state index contributed by atoms with van der Waals surface area (Å²) >= 11 is 3.36. The molecule has 0 heterocycles. The van der Waals surface area contributed by atoms with E-state index < -0.39 is 15.9 Å². The lowest BCUT2D eigenvalue weighted by Gasteiger charge is -2.21. The normalized spacial score (nSPS) is 11.6. The van der Waals surface area contributed by atoms with Crippen LogP contribution in [-0.4, -0.2) is 45.0 Å². The van der Waals surface area contributed by atoms with Crippen molar-refractivity contribution in [3.8, 4) is 5.75 Å². The lowest BCUT2D eigenvalue weighted by atomic mass is 10.1. The Balaban J connectivity index is 1.73. The molecule has 0 saturated heterocycles. The third-order valence-corrected chi connectivity index (χ3v) is 7.17. The molecule has 3 aromatic rings. The highest BCUT2D eigenvalue weighted by Gasteiger charge is 2.26. The molecule has 7 nitrogen and oxygen atoms in total. The van der Waals surface area contributed by atoms with Crippen LogP contribution in [0.4, 0.5) is 0 Å². The lowest BCUT2D eigenvalue weighted by molar-refractivity contribution is -0.121. The van der Waals surface area contributed by atoms with Gasteiger partial charge in [-0.3, -0.25) is 4.79 Å². The number of hydrogen-bond acceptors (Lipinski definition) is 5. The van der Waals surface area contributed by atoms with Gasteiger partial charge in [-0.2, -0.15) is 9.41 Å². The van der Waals surface area contributed by atoms with Crippen molar-refractivity contribution >= 4 is 38.1 Å². The van der Waals surface area contributed by atoms with Gasteiger partial charge in [-0.15, -0.1) is 0 Å². The topological polar surface area (TPSA) is 88.1 Å². The van der Waals surface area contributed by atoms with Crippen molar-refractivity contribution in [2.24, 2.45) is 5.10 Å². The molecule has 1 N–H and O–H groups in total. The van der Waals surface area contributed by atoms with Crippen molar-refractivity contribution in [2.75, 3.05) is 20.2 Å². The Labute approximate surface area is 202 Å². The van der Waals surface area contributed by atoms with Gasteiger partial charge >= 0.3 is 0 Å². The van der Waals surface area contributed by atoms with E-state index in [2.05, 4.69) is 26.5 Å². The van der Waals surface area contributed by atoms with Crippen LogP contribution in [0.1, 0.15) is 11.1 Å². The van der Waals surface area contributed by atoms with E-state index in [1.54, 1.807) is 12.1 Å². The zero-order valence-electron chi connectivity index (χ0n) is 18.0. The number of hydrogen-bond donors (Lipinski definition) is 1. The fraction of sp³-hybridized carbons (Fsp3) is 0.167. The molecule has 172 valence electrons. The number of nitrogens with zero attached hydrogens (tertiary/aromatic N) is 2. The quantitative estimate of drug-likeness (QED) is 0.319. The summed E-state index contributed by atoms with van der Waals surface area (Å²) in [5, 5.41) is 3.94. The first-order chi connectivity index (χ1) is 15.9. The van der Waals surface area contributed by atoms with Gasteiger partial charge in [0.05, 0.1) is 24.8 Å². The summed E-state index contributed by atoms with van der Waals surface area (Å²) in [6, 6.07) is 23.0. The molecule has 0 aliphatic rings. The van der Waals surface area contributed by atoms with Crippen LogP contribution >= 0.6 is 15.9 Å². The predicted octanol–water partition coefficient (Wildman–Crippen LogP) is 3.84. The minimum absolute atomic E-state index is 0.0857. The first kappa shape index (κ1) is 24.6. The summed E-state index contributed by atoms with van der Waals surface area (Å²) in [4.78, 5) is 12.6. The Hall–Kier alpha value is -3.01. The molecular weight excluding hydrogens is 506 g/mol. The first-order valence-electron chi connectivity index (χ1n) is 10.1. The molecular formula is C24H24BrN3O4S. The van der Waals surface area contributed by atoms with Crippen LogP contribution in [0.3, 0.4) is 0 Å². The lowest BCUT2D eigenvalue weighted by Crippen LogP contribution is -2.40. The zero-order chi connectivity index (χ0) is 23.7. The van der Waals surface area contributed by atoms with E-state index >= 15 is 0 Å². The summed E-state index contributed by atoms with van der Waals surface area (Å²) in [6.07, 6.45) is 1.96. The van der Waals surface area contributed by atoms with Gasteiger partial charge in [-0.05, 0) is 53.9 Å². The first-order valence-corrected chi connectivity index (χ1v) is 12.4. The van der Waals surface area contributed by atoms with Crippen molar-refractivity contribution < 1.29 is 17.9 Å². The molecule has 9 heteroatoms. The summed E-state index contributed by atoms with van der Waals surface area (Å²) in [7, 11) is -2.40. The maximum absolute atomic E-state index is 13.3. The molecule has 0 aromatic heterocycles. The fourth-order valence-electron chi connectivity index (χ4n) is 3.00. The van der Waals surface area contributed by atoms with Gasteiger partial charge < -0.3 is 4.74 Å². The van der Waals surface area contributed by atoms with Crippen molar-refractivity contribution in [3.63, 3.8) is 0 Å². The zero-order valence-corrected chi connectivity index (χ0v) is 20.4. The number of hydrazone groups is 1. The summed E-state index contributed by atoms with van der Waals surface area (Å²) in [6.45, 7) is -0.221. The molecule has 3 rings (SSSR count). The monoisotopic (exact) mass is 529 g/mol. The highest BCUT2D eigenvalue weighted by Crippen LogP contribution is 2.20. The van der Waals surface area contributed by atoms with Crippen LogP contribution in [0.15, 0.2) is 93.3 Å². The number of ether oxygens (including phenoxy) is 1. The summed E-state index contributed by atoms with van der Waals surface area (Å²) in [5.41, 5.74) is 4.18. The smallest absolute Gasteiger partial charge is 0.255 e. The van der Waals surface area contributed by atoms with E-state index in [-0.39, 0.29) is 18.0 Å². The maximum Gasteiger partial charge on any atom is 0.255 e. The SMILES string of the molecule is COc1ccc(S(=O)(=O)N(CCc2ccccc2)CC(=O)N/N=C\c2ccc(Br)cc2)cc1. The predicted molar refractivity (Wildman–Crippen MR) is 132 cm³/mol. The van der Waals surface area contributed by atoms with Crippen molar-refractivity contribution in [1.29, 1.82) is 0 Å². The molecule has 0 saturated carbocycles.